The third-order valence-electron chi connectivity index (χ3n) is 9.28. The van der Waals surface area contributed by atoms with E-state index in [1.807, 2.05) is 0 Å². The molecule has 1 aromatic heterocycles. The Balaban J connectivity index is 1.15. The molecular weight excluding hydrogens is 549 g/mol. The Bertz CT molecular complexity index is 1200. The number of benzene rings is 1. The van der Waals surface area contributed by atoms with E-state index in [0.717, 1.165) is 44.4 Å². The van der Waals surface area contributed by atoms with Gasteiger partial charge in [0.15, 0.2) is 17.4 Å². The van der Waals surface area contributed by atoms with E-state index in [9.17, 15) is 4.39 Å². The van der Waals surface area contributed by atoms with Crippen LogP contribution < -0.4 is 4.74 Å². The highest BCUT2D eigenvalue weighted by atomic mass is 19.3. The minimum Gasteiger partial charge on any atom is -0.486 e. The molecule has 3 nitrogen and oxygen atoms in total. The molecular formula is C34H44F5NO2. The summed E-state index contributed by atoms with van der Waals surface area (Å²) in [5.41, 5.74) is -1.28. The van der Waals surface area contributed by atoms with Crippen molar-refractivity contribution in [2.45, 2.75) is 128 Å². The number of aromatic nitrogens is 1. The number of halogens is 5. The van der Waals surface area contributed by atoms with E-state index >= 15 is 17.6 Å². The van der Waals surface area contributed by atoms with Gasteiger partial charge in [-0.1, -0.05) is 84.0 Å². The first kappa shape index (κ1) is 31.2. The molecule has 1 saturated heterocycles. The van der Waals surface area contributed by atoms with Gasteiger partial charge >= 0.3 is 0 Å². The quantitative estimate of drug-likeness (QED) is 0.0792. The Hall–Kier alpha value is -2.22. The standard InChI is InChI=1S/C34H44F5NO2/c1-2-3-13-27-29(42-27)21-41-28-19-18-26(40-33(28)37)25-20-23-16-17-24(34(38,39)30(23)32(36)31(25)35)12-10-8-6-4-5-7-9-11-22-14-15-22/h18-20,22,24,27,29H,2-17,21H2,1H3. The molecule has 232 valence electrons. The monoisotopic (exact) mass is 593 g/mol. The molecule has 1 aliphatic heterocycles. The van der Waals surface area contributed by atoms with Crippen molar-refractivity contribution in [1.82, 2.24) is 4.98 Å². The van der Waals surface area contributed by atoms with Crippen molar-refractivity contribution in [1.29, 1.82) is 0 Å². The van der Waals surface area contributed by atoms with Crippen LogP contribution in [-0.2, 0) is 17.1 Å². The van der Waals surface area contributed by atoms with Gasteiger partial charge in [-0.2, -0.15) is 4.39 Å². The summed E-state index contributed by atoms with van der Waals surface area (Å²) in [7, 11) is 0. The van der Waals surface area contributed by atoms with Crippen molar-refractivity contribution in [2.24, 2.45) is 11.8 Å². The van der Waals surface area contributed by atoms with Gasteiger partial charge in [0.05, 0.1) is 17.4 Å². The molecule has 0 amide bonds. The zero-order valence-electron chi connectivity index (χ0n) is 24.7. The highest BCUT2D eigenvalue weighted by Gasteiger charge is 2.48. The second-order valence-electron chi connectivity index (χ2n) is 12.6. The Morgan fingerprint density at radius 3 is 2.26 bits per heavy atom. The van der Waals surface area contributed by atoms with Crippen LogP contribution in [0.15, 0.2) is 18.2 Å². The van der Waals surface area contributed by atoms with E-state index in [0.29, 0.717) is 6.42 Å². The average molecular weight is 594 g/mol. The fraction of sp³-hybridized carbons (Fsp3) is 0.676. The van der Waals surface area contributed by atoms with Crippen molar-refractivity contribution in [3.63, 3.8) is 0 Å². The highest BCUT2D eigenvalue weighted by molar-refractivity contribution is 5.63. The molecule has 3 unspecified atom stereocenters. The van der Waals surface area contributed by atoms with Crippen LogP contribution in [0, 0.1) is 29.4 Å². The van der Waals surface area contributed by atoms with Crippen molar-refractivity contribution >= 4 is 0 Å². The lowest BCUT2D eigenvalue weighted by Gasteiger charge is -2.34. The number of unbranched alkanes of at least 4 members (excludes halogenated alkanes) is 7. The largest absolute Gasteiger partial charge is 0.486 e. The summed E-state index contributed by atoms with van der Waals surface area (Å²) < 4.78 is 87.1. The van der Waals surface area contributed by atoms with Crippen LogP contribution in [0.5, 0.6) is 5.75 Å². The van der Waals surface area contributed by atoms with Crippen molar-refractivity contribution in [3.05, 3.63) is 46.9 Å². The zero-order chi connectivity index (χ0) is 29.7. The van der Waals surface area contributed by atoms with Crippen LogP contribution in [0.3, 0.4) is 0 Å². The number of alkyl halides is 2. The highest BCUT2D eigenvalue weighted by Crippen LogP contribution is 2.49. The third-order valence-corrected chi connectivity index (χ3v) is 9.28. The first-order valence-corrected chi connectivity index (χ1v) is 16.1. The molecule has 1 saturated carbocycles. The number of pyridine rings is 1. The van der Waals surface area contributed by atoms with Crippen molar-refractivity contribution in [3.8, 4) is 17.0 Å². The van der Waals surface area contributed by atoms with Crippen LogP contribution in [0.4, 0.5) is 22.0 Å². The molecule has 3 atom stereocenters. The van der Waals surface area contributed by atoms with Crippen LogP contribution in [-0.4, -0.2) is 23.8 Å². The predicted molar refractivity (Wildman–Crippen MR) is 153 cm³/mol. The average Bonchev–Trinajstić information content (AvgIpc) is 3.90. The van der Waals surface area contributed by atoms with Gasteiger partial charge in [-0.3, -0.25) is 0 Å². The molecule has 2 heterocycles. The molecule has 8 heteroatoms. The molecule has 0 bridgehead atoms. The number of nitrogens with zero attached hydrogens (tertiary/aromatic N) is 1. The van der Waals surface area contributed by atoms with Crippen LogP contribution >= 0.6 is 0 Å². The van der Waals surface area contributed by atoms with E-state index in [2.05, 4.69) is 11.9 Å². The van der Waals surface area contributed by atoms with E-state index in [4.69, 9.17) is 9.47 Å². The lowest BCUT2D eigenvalue weighted by molar-refractivity contribution is -0.0823. The Morgan fingerprint density at radius 1 is 0.857 bits per heavy atom. The van der Waals surface area contributed by atoms with E-state index < -0.39 is 35.0 Å². The summed E-state index contributed by atoms with van der Waals surface area (Å²) in [5.74, 6) is -7.59. The van der Waals surface area contributed by atoms with Crippen LogP contribution in [0.1, 0.15) is 114 Å². The summed E-state index contributed by atoms with van der Waals surface area (Å²) in [6.07, 6.45) is 15.3. The molecule has 1 aromatic carbocycles. The third kappa shape index (κ3) is 7.64. The van der Waals surface area contributed by atoms with Crippen molar-refractivity contribution < 1.29 is 31.4 Å². The Labute approximate surface area is 246 Å². The lowest BCUT2D eigenvalue weighted by Crippen LogP contribution is -2.33. The Morgan fingerprint density at radius 2 is 1.57 bits per heavy atom. The fourth-order valence-electron chi connectivity index (χ4n) is 6.41. The SMILES string of the molecule is CCCCC1OC1COc1ccc(-c2cc3c(c(F)c2F)C(F)(F)C(CCCCCCCCCC2CC2)CC3)nc1F. The normalized spacial score (nSPS) is 22.7. The minimum atomic E-state index is -3.46. The van der Waals surface area contributed by atoms with E-state index in [1.54, 1.807) is 0 Å². The van der Waals surface area contributed by atoms with Crippen LogP contribution in [0.25, 0.3) is 11.3 Å². The second kappa shape index (κ2) is 14.0. The van der Waals surface area contributed by atoms with Gasteiger partial charge in [0, 0.05) is 11.5 Å². The number of aryl methyl sites for hydroxylation is 1. The number of ether oxygens (including phenoxy) is 2. The van der Waals surface area contributed by atoms with Gasteiger partial charge in [-0.05, 0) is 55.4 Å². The minimum absolute atomic E-state index is 0.0582. The molecule has 0 radical (unpaired) electrons. The molecule has 0 spiro atoms. The Kier molecular flexibility index (Phi) is 10.4. The predicted octanol–water partition coefficient (Wildman–Crippen LogP) is 10.1. The summed E-state index contributed by atoms with van der Waals surface area (Å²) in [6.45, 7) is 2.27. The maximum atomic E-state index is 15.5. The van der Waals surface area contributed by atoms with Gasteiger partial charge in [-0.15, -0.1) is 0 Å². The molecule has 2 aromatic rings. The summed E-state index contributed by atoms with van der Waals surface area (Å²) >= 11 is 0. The molecule has 0 N–H and O–H groups in total. The maximum absolute atomic E-state index is 15.5. The number of hydrogen-bond acceptors (Lipinski definition) is 3. The van der Waals surface area contributed by atoms with Gasteiger partial charge in [-0.25, -0.2) is 22.5 Å². The molecule has 5 rings (SSSR count). The summed E-state index contributed by atoms with van der Waals surface area (Å²) in [6, 6.07) is 3.83. The van der Waals surface area contributed by atoms with Gasteiger partial charge in [0.2, 0.25) is 0 Å². The molecule has 2 aliphatic carbocycles. The van der Waals surface area contributed by atoms with Gasteiger partial charge in [0.25, 0.3) is 11.9 Å². The number of rotatable bonds is 17. The summed E-state index contributed by atoms with van der Waals surface area (Å²) in [4.78, 5) is 3.78. The first-order chi connectivity index (χ1) is 20.3. The number of hydrogen-bond donors (Lipinski definition) is 0. The molecule has 42 heavy (non-hydrogen) atoms. The van der Waals surface area contributed by atoms with E-state index in [1.165, 1.54) is 56.7 Å². The van der Waals surface area contributed by atoms with Gasteiger partial charge < -0.3 is 9.47 Å². The second-order valence-corrected chi connectivity index (χ2v) is 12.6. The van der Waals surface area contributed by atoms with Gasteiger partial charge in [0.1, 0.15) is 12.7 Å². The zero-order valence-corrected chi connectivity index (χ0v) is 24.7. The molecule has 3 aliphatic rings. The fourth-order valence-corrected chi connectivity index (χ4v) is 6.41. The topological polar surface area (TPSA) is 34.6 Å². The van der Waals surface area contributed by atoms with Crippen LogP contribution in [0.2, 0.25) is 0 Å². The maximum Gasteiger partial charge on any atom is 0.279 e. The number of epoxide rings is 1. The smallest absolute Gasteiger partial charge is 0.279 e. The van der Waals surface area contributed by atoms with Crippen molar-refractivity contribution in [2.75, 3.05) is 6.61 Å². The summed E-state index contributed by atoms with van der Waals surface area (Å²) in [5, 5.41) is 0. The number of fused-ring (bicyclic) bond motifs is 1. The molecule has 2 fully saturated rings. The first-order valence-electron chi connectivity index (χ1n) is 16.1. The lowest BCUT2D eigenvalue weighted by atomic mass is 9.77. The van der Waals surface area contributed by atoms with E-state index in [-0.39, 0.29) is 60.6 Å².